The third kappa shape index (κ3) is 4.75. The smallest absolute Gasteiger partial charge is 0.304 e. The van der Waals surface area contributed by atoms with Gasteiger partial charge in [0.1, 0.15) is 0 Å². The van der Waals surface area contributed by atoms with Gasteiger partial charge in [0.05, 0.1) is 12.6 Å². The Morgan fingerprint density at radius 2 is 2.06 bits per heavy atom. The van der Waals surface area contributed by atoms with E-state index >= 15 is 0 Å². The summed E-state index contributed by atoms with van der Waals surface area (Å²) in [4.78, 5) is 5.11. The third-order valence-electron chi connectivity index (χ3n) is 1.74. The van der Waals surface area contributed by atoms with Gasteiger partial charge >= 0.3 is 103 Å². The summed E-state index contributed by atoms with van der Waals surface area (Å²) in [6.07, 6.45) is 0. The van der Waals surface area contributed by atoms with Crippen molar-refractivity contribution in [1.29, 1.82) is 5.26 Å². The molecule has 2 nitrogen and oxygen atoms in total. The van der Waals surface area contributed by atoms with Crippen LogP contribution in [0.25, 0.3) is 4.85 Å². The second-order valence-corrected chi connectivity index (χ2v) is 5.12. The summed E-state index contributed by atoms with van der Waals surface area (Å²) in [5.41, 5.74) is 1.17. The number of rotatable bonds is 0. The first-order valence-electron chi connectivity index (χ1n) is 4.06. The first-order chi connectivity index (χ1) is 7.24. The quantitative estimate of drug-likeness (QED) is 0.299. The van der Waals surface area contributed by atoms with Crippen molar-refractivity contribution < 1.29 is 103 Å². The van der Waals surface area contributed by atoms with Gasteiger partial charge in [-0.2, -0.15) is 23.5 Å². The number of nitrogens with zero attached hydrogens (tertiary/aromatic N) is 2. The second kappa shape index (κ2) is 8.96. The first kappa shape index (κ1) is 18.9. The maximum atomic E-state index is 8.75. The molecular weight excluding hydrogens is 302 g/mol. The van der Waals surface area contributed by atoms with Gasteiger partial charge in [-0.1, -0.05) is 0 Å². The molecule has 0 aromatic heterocycles. The molecule has 0 unspecified atom stereocenters. The van der Waals surface area contributed by atoms with Crippen LogP contribution in [0.2, 0.25) is 0 Å². The molecular formula is C11H4K2N2S2. The topological polar surface area (TPSA) is 28.1 Å². The van der Waals surface area contributed by atoms with Crippen LogP contribution in [0.1, 0.15) is 5.56 Å². The van der Waals surface area contributed by atoms with Gasteiger partial charge < -0.3 is 12.1 Å². The van der Waals surface area contributed by atoms with Crippen LogP contribution in [0, 0.1) is 37.0 Å². The fourth-order valence-corrected chi connectivity index (χ4v) is 3.37. The number of fused-ring (bicyclic) bond motifs is 1. The van der Waals surface area contributed by atoms with Gasteiger partial charge in [0.2, 0.25) is 0 Å². The average Bonchev–Trinajstić information content (AvgIpc) is 2.62. The molecule has 2 rings (SSSR count). The van der Waals surface area contributed by atoms with Crippen LogP contribution in [0.3, 0.4) is 0 Å². The molecule has 0 saturated carbocycles. The van der Waals surface area contributed by atoms with Crippen molar-refractivity contribution in [3.05, 3.63) is 45.1 Å². The van der Waals surface area contributed by atoms with E-state index in [9.17, 15) is 0 Å². The van der Waals surface area contributed by atoms with E-state index in [1.807, 2.05) is 19.1 Å². The SMILES string of the molecule is [C-]#[N+]/C(C#N)=C1\Sc2[c-]cc(C)[c-]c2S1.[K+].[K+]. The maximum absolute atomic E-state index is 8.75. The summed E-state index contributed by atoms with van der Waals surface area (Å²) >= 11 is 2.85. The molecule has 0 bridgehead atoms. The van der Waals surface area contributed by atoms with Gasteiger partial charge in [-0.15, -0.1) is 6.92 Å². The zero-order valence-corrected chi connectivity index (χ0v) is 17.7. The van der Waals surface area contributed by atoms with E-state index < -0.39 is 0 Å². The van der Waals surface area contributed by atoms with Gasteiger partial charge in [0.25, 0.3) is 5.70 Å². The van der Waals surface area contributed by atoms with Crippen LogP contribution in [-0.4, -0.2) is 0 Å². The fourth-order valence-electron chi connectivity index (χ4n) is 1.08. The van der Waals surface area contributed by atoms with Gasteiger partial charge in [-0.3, -0.25) is 11.6 Å². The molecule has 0 saturated heterocycles. The summed E-state index contributed by atoms with van der Waals surface area (Å²) in [7, 11) is 0. The number of benzene rings is 1. The second-order valence-electron chi connectivity index (χ2n) is 2.82. The molecule has 17 heavy (non-hydrogen) atoms. The molecule has 1 aromatic carbocycles. The minimum Gasteiger partial charge on any atom is -0.304 e. The summed E-state index contributed by atoms with van der Waals surface area (Å²) in [5, 5.41) is 8.75. The zero-order valence-electron chi connectivity index (χ0n) is 9.79. The molecule has 0 fully saturated rings. The Morgan fingerprint density at radius 1 is 1.41 bits per heavy atom. The molecule has 72 valence electrons. The van der Waals surface area contributed by atoms with Crippen molar-refractivity contribution in [2.45, 2.75) is 16.7 Å². The Hall–Kier alpha value is 1.91. The zero-order chi connectivity index (χ0) is 10.8. The van der Waals surface area contributed by atoms with E-state index in [0.717, 1.165) is 19.6 Å². The number of nitriles is 1. The van der Waals surface area contributed by atoms with Crippen LogP contribution in [0.5, 0.6) is 0 Å². The van der Waals surface area contributed by atoms with Crippen LogP contribution < -0.4 is 103 Å². The number of hydrogen-bond donors (Lipinski definition) is 0. The van der Waals surface area contributed by atoms with Crippen molar-refractivity contribution in [3.8, 4) is 6.07 Å². The van der Waals surface area contributed by atoms with Crippen molar-refractivity contribution in [2.24, 2.45) is 0 Å². The molecule has 1 aliphatic heterocycles. The Kier molecular flexibility index (Phi) is 9.97. The van der Waals surface area contributed by atoms with E-state index in [2.05, 4.69) is 17.0 Å². The standard InChI is InChI=1S/C11H4N2S2.2K/c1-7-3-4-9-10(5-7)15-11(14-9)8(6-12)13-2;;/h3H,1H3;;/q-2;2*+1/b11-8+;;. The Balaban J connectivity index is 0.00000128. The van der Waals surface area contributed by atoms with E-state index in [-0.39, 0.29) is 108 Å². The summed E-state index contributed by atoms with van der Waals surface area (Å²) in [6.45, 7) is 8.82. The van der Waals surface area contributed by atoms with Gasteiger partial charge in [0, 0.05) is 4.24 Å². The monoisotopic (exact) mass is 306 g/mol. The number of thioether (sulfide) groups is 2. The van der Waals surface area contributed by atoms with Gasteiger partial charge in [-0.05, 0) is 0 Å². The Bertz CT molecular complexity index is 525. The molecule has 0 spiro atoms. The summed E-state index contributed by atoms with van der Waals surface area (Å²) in [5.74, 6) is 0. The molecule has 1 aromatic rings. The largest absolute Gasteiger partial charge is 1.00 e. The Labute approximate surface area is 195 Å². The minimum atomic E-state index is 0. The van der Waals surface area contributed by atoms with E-state index in [1.54, 1.807) is 0 Å². The normalized spacial score (nSPS) is 14.5. The maximum Gasteiger partial charge on any atom is 1.00 e. The predicted octanol–water partition coefficient (Wildman–Crippen LogP) is -2.59. The third-order valence-corrected chi connectivity index (χ3v) is 4.16. The van der Waals surface area contributed by atoms with E-state index in [4.69, 9.17) is 11.8 Å². The van der Waals surface area contributed by atoms with Crippen LogP contribution in [-0.2, 0) is 0 Å². The van der Waals surface area contributed by atoms with E-state index in [0.29, 0.717) is 0 Å². The van der Waals surface area contributed by atoms with Crippen LogP contribution in [0.15, 0.2) is 25.8 Å². The molecule has 0 atom stereocenters. The van der Waals surface area contributed by atoms with Gasteiger partial charge in [0.15, 0.2) is 0 Å². The molecule has 0 aliphatic carbocycles. The van der Waals surface area contributed by atoms with Crippen molar-refractivity contribution >= 4 is 23.5 Å². The van der Waals surface area contributed by atoms with Crippen molar-refractivity contribution in [1.82, 2.24) is 0 Å². The molecule has 0 radical (unpaired) electrons. The number of aryl methyl sites for hydroxylation is 1. The predicted molar refractivity (Wildman–Crippen MR) is 59.8 cm³/mol. The average molecular weight is 306 g/mol. The van der Waals surface area contributed by atoms with E-state index in [1.165, 1.54) is 23.5 Å². The fraction of sp³-hybridized carbons (Fsp3) is 0.0909. The van der Waals surface area contributed by atoms with Crippen LogP contribution in [0.4, 0.5) is 0 Å². The Morgan fingerprint density at radius 3 is 2.65 bits per heavy atom. The van der Waals surface area contributed by atoms with Crippen molar-refractivity contribution in [2.75, 3.05) is 0 Å². The molecule has 1 heterocycles. The van der Waals surface area contributed by atoms with Gasteiger partial charge in [-0.25, -0.2) is 19.9 Å². The molecule has 6 heteroatoms. The first-order valence-corrected chi connectivity index (χ1v) is 5.70. The van der Waals surface area contributed by atoms with Crippen LogP contribution >= 0.6 is 23.5 Å². The molecule has 1 aliphatic rings. The molecule has 0 amide bonds. The van der Waals surface area contributed by atoms with Crippen molar-refractivity contribution in [3.63, 3.8) is 0 Å². The summed E-state index contributed by atoms with van der Waals surface area (Å²) in [6, 6.07) is 10.1. The molecule has 0 N–H and O–H groups in total. The number of hydrogen-bond acceptors (Lipinski definition) is 3. The number of allylic oxidation sites excluding steroid dienone is 1. The summed E-state index contributed by atoms with van der Waals surface area (Å²) < 4.78 is 0.737. The minimum absolute atomic E-state index is 0.